The molecule has 2 aromatic rings. The Labute approximate surface area is 183 Å². The Kier molecular flexibility index (Phi) is 7.05. The van der Waals surface area contributed by atoms with Crippen LogP contribution in [0, 0.1) is 13.8 Å². The zero-order chi connectivity index (χ0) is 22.6. The van der Waals surface area contributed by atoms with E-state index in [1.54, 1.807) is 32.0 Å². The summed E-state index contributed by atoms with van der Waals surface area (Å²) in [5, 5.41) is 14.0. The number of benzene rings is 1. The fourth-order valence-electron chi connectivity index (χ4n) is 4.60. The number of hydrogen-bond acceptors (Lipinski definition) is 5. The van der Waals surface area contributed by atoms with Gasteiger partial charge in [-0.3, -0.25) is 9.59 Å². The first-order valence-electron chi connectivity index (χ1n) is 10.8. The fourth-order valence-corrected chi connectivity index (χ4v) is 4.60. The van der Waals surface area contributed by atoms with Gasteiger partial charge in [-0.05, 0) is 45.1 Å². The molecule has 0 bridgehead atoms. The highest BCUT2D eigenvalue weighted by Crippen LogP contribution is 2.39. The largest absolute Gasteiger partial charge is 0.391 e. The van der Waals surface area contributed by atoms with Crippen molar-refractivity contribution in [2.24, 2.45) is 0 Å². The van der Waals surface area contributed by atoms with Gasteiger partial charge in [0.25, 0.3) is 5.91 Å². The van der Waals surface area contributed by atoms with E-state index in [0.29, 0.717) is 36.5 Å². The van der Waals surface area contributed by atoms with E-state index in [1.807, 2.05) is 18.2 Å². The van der Waals surface area contributed by atoms with E-state index in [4.69, 9.17) is 0 Å². The van der Waals surface area contributed by atoms with Gasteiger partial charge in [0.2, 0.25) is 5.91 Å². The lowest BCUT2D eigenvalue weighted by molar-refractivity contribution is -0.119. The number of carbonyl (C=O) groups excluding carboxylic acids is 2. The normalized spacial score (nSPS) is 23.6. The molecule has 2 amide bonds. The maximum Gasteiger partial charge on any atom is 0.257 e. The fraction of sp³-hybridized carbons (Fsp3) is 0.500. The van der Waals surface area contributed by atoms with E-state index in [0.717, 1.165) is 18.4 Å². The van der Waals surface area contributed by atoms with E-state index >= 15 is 0 Å². The lowest BCUT2D eigenvalue weighted by Gasteiger charge is -2.34. The molecule has 2 N–H and O–H groups in total. The molecular weight excluding hydrogens is 392 g/mol. The van der Waals surface area contributed by atoms with Crippen molar-refractivity contribution in [3.8, 4) is 0 Å². The van der Waals surface area contributed by atoms with Crippen molar-refractivity contribution < 1.29 is 14.7 Å². The maximum absolute atomic E-state index is 13.2. The molecule has 1 aromatic heterocycles. The summed E-state index contributed by atoms with van der Waals surface area (Å²) in [4.78, 5) is 34.9. The molecule has 0 unspecified atom stereocenters. The van der Waals surface area contributed by atoms with E-state index in [2.05, 4.69) is 27.4 Å². The predicted octanol–water partition coefficient (Wildman–Crippen LogP) is 2.54. The lowest BCUT2D eigenvalue weighted by atomic mass is 9.74. The summed E-state index contributed by atoms with van der Waals surface area (Å²) in [5.74, 6) is 0.367. The number of aliphatic hydroxyl groups is 1. The van der Waals surface area contributed by atoms with Gasteiger partial charge in [0.05, 0.1) is 23.4 Å². The van der Waals surface area contributed by atoms with Crippen LogP contribution in [0.2, 0.25) is 0 Å². The van der Waals surface area contributed by atoms with Crippen LogP contribution in [0.15, 0.2) is 36.5 Å². The minimum absolute atomic E-state index is 0.0706. The van der Waals surface area contributed by atoms with Gasteiger partial charge in [-0.1, -0.05) is 30.3 Å². The van der Waals surface area contributed by atoms with Crippen molar-refractivity contribution in [3.05, 3.63) is 59.2 Å². The Morgan fingerprint density at radius 1 is 1.19 bits per heavy atom. The minimum atomic E-state index is -0.650. The molecular formula is C24H32N4O3. The summed E-state index contributed by atoms with van der Waals surface area (Å²) in [7, 11) is 1.73. The topological polar surface area (TPSA) is 95.4 Å². The Balaban J connectivity index is 1.84. The number of nitrogens with one attached hydrogen (secondary N) is 1. The predicted molar refractivity (Wildman–Crippen MR) is 119 cm³/mol. The van der Waals surface area contributed by atoms with E-state index in [9.17, 15) is 14.7 Å². The van der Waals surface area contributed by atoms with E-state index in [1.165, 1.54) is 6.92 Å². The van der Waals surface area contributed by atoms with Crippen molar-refractivity contribution in [2.45, 2.75) is 64.0 Å². The van der Waals surface area contributed by atoms with Crippen LogP contribution in [0.5, 0.6) is 0 Å². The SMILES string of the molecule is CC(=O)NC[C@]1(c2ccccc2)CC[C@H](O)[C@@H](N(C)C(=O)c2cnc(C)nc2C)CC1. The van der Waals surface area contributed by atoms with Crippen molar-refractivity contribution in [1.82, 2.24) is 20.2 Å². The Morgan fingerprint density at radius 3 is 2.52 bits per heavy atom. The molecule has 0 saturated heterocycles. The third-order valence-corrected chi connectivity index (χ3v) is 6.49. The first-order chi connectivity index (χ1) is 14.7. The van der Waals surface area contributed by atoms with Gasteiger partial charge >= 0.3 is 0 Å². The van der Waals surface area contributed by atoms with E-state index < -0.39 is 6.10 Å². The number of aryl methyl sites for hydroxylation is 2. The Bertz CT molecular complexity index is 934. The lowest BCUT2D eigenvalue weighted by Crippen LogP contribution is -2.44. The number of aliphatic hydroxyl groups excluding tert-OH is 1. The summed E-state index contributed by atoms with van der Waals surface area (Å²) in [5.41, 5.74) is 1.96. The van der Waals surface area contributed by atoms with Gasteiger partial charge in [0, 0.05) is 32.1 Å². The molecule has 31 heavy (non-hydrogen) atoms. The van der Waals surface area contributed by atoms with Crippen LogP contribution in [-0.4, -0.2) is 57.5 Å². The highest BCUT2D eigenvalue weighted by molar-refractivity contribution is 5.95. The first-order valence-corrected chi connectivity index (χ1v) is 10.8. The molecule has 1 heterocycles. The van der Waals surface area contributed by atoms with E-state index in [-0.39, 0.29) is 23.3 Å². The number of nitrogens with zero attached hydrogens (tertiary/aromatic N) is 3. The first kappa shape index (κ1) is 22.9. The summed E-state index contributed by atoms with van der Waals surface area (Å²) in [6.45, 7) is 5.62. The van der Waals surface area contributed by atoms with Crippen molar-refractivity contribution >= 4 is 11.8 Å². The van der Waals surface area contributed by atoms with Crippen LogP contribution in [-0.2, 0) is 10.2 Å². The number of carbonyl (C=O) groups is 2. The molecule has 0 radical (unpaired) electrons. The van der Waals surface area contributed by atoms with Crippen LogP contribution in [0.25, 0.3) is 0 Å². The van der Waals surface area contributed by atoms with Crippen LogP contribution < -0.4 is 5.32 Å². The average molecular weight is 425 g/mol. The van der Waals surface area contributed by atoms with Gasteiger partial charge in [-0.15, -0.1) is 0 Å². The number of hydrogen-bond donors (Lipinski definition) is 2. The van der Waals surface area contributed by atoms with Crippen LogP contribution in [0.1, 0.15) is 60.0 Å². The number of amides is 2. The molecule has 166 valence electrons. The van der Waals surface area contributed by atoms with Crippen LogP contribution in [0.3, 0.4) is 0 Å². The molecule has 7 nitrogen and oxygen atoms in total. The molecule has 3 atom stereocenters. The second-order valence-corrected chi connectivity index (χ2v) is 8.60. The highest BCUT2D eigenvalue weighted by Gasteiger charge is 2.40. The standard InChI is InChI=1S/C24H32N4O3/c1-16-20(14-25-17(2)27-16)23(31)28(4)21-10-12-24(13-11-22(21)30,15-26-18(3)29)19-8-6-5-7-9-19/h5-9,14,21-22,30H,10-13,15H2,1-4H3,(H,26,29)/t21-,22-,24+/m0/s1. The molecule has 1 saturated carbocycles. The molecule has 0 aliphatic heterocycles. The summed E-state index contributed by atoms with van der Waals surface area (Å²) >= 11 is 0. The Hall–Kier alpha value is -2.80. The van der Waals surface area contributed by atoms with Gasteiger partial charge in [-0.2, -0.15) is 0 Å². The Morgan fingerprint density at radius 2 is 1.87 bits per heavy atom. The maximum atomic E-state index is 13.2. The molecule has 1 fully saturated rings. The second-order valence-electron chi connectivity index (χ2n) is 8.60. The smallest absolute Gasteiger partial charge is 0.257 e. The van der Waals surface area contributed by atoms with Crippen molar-refractivity contribution in [3.63, 3.8) is 0 Å². The summed E-state index contributed by atoms with van der Waals surface area (Å²) in [6, 6.07) is 9.81. The highest BCUT2D eigenvalue weighted by atomic mass is 16.3. The van der Waals surface area contributed by atoms with Crippen molar-refractivity contribution in [2.75, 3.05) is 13.6 Å². The zero-order valence-electron chi connectivity index (χ0n) is 18.8. The number of likely N-dealkylation sites (N-methyl/N-ethyl adjacent to an activating group) is 1. The molecule has 1 aliphatic carbocycles. The average Bonchev–Trinajstić information content (AvgIpc) is 2.92. The molecule has 1 aliphatic rings. The molecule has 0 spiro atoms. The van der Waals surface area contributed by atoms with Crippen LogP contribution >= 0.6 is 0 Å². The molecule has 1 aromatic carbocycles. The third kappa shape index (κ3) is 5.10. The number of aromatic nitrogens is 2. The zero-order valence-corrected chi connectivity index (χ0v) is 18.8. The van der Waals surface area contributed by atoms with Gasteiger partial charge in [0.15, 0.2) is 0 Å². The monoisotopic (exact) mass is 424 g/mol. The summed E-state index contributed by atoms with van der Waals surface area (Å²) < 4.78 is 0. The minimum Gasteiger partial charge on any atom is -0.391 e. The summed E-state index contributed by atoms with van der Waals surface area (Å²) in [6.07, 6.45) is 3.56. The van der Waals surface area contributed by atoms with Crippen molar-refractivity contribution in [1.29, 1.82) is 0 Å². The quantitative estimate of drug-likeness (QED) is 0.719. The van der Waals surface area contributed by atoms with Gasteiger partial charge in [-0.25, -0.2) is 9.97 Å². The van der Waals surface area contributed by atoms with Gasteiger partial charge in [0.1, 0.15) is 5.82 Å². The van der Waals surface area contributed by atoms with Crippen LogP contribution in [0.4, 0.5) is 0 Å². The third-order valence-electron chi connectivity index (χ3n) is 6.49. The molecule has 7 heteroatoms. The number of rotatable bonds is 5. The van der Waals surface area contributed by atoms with Gasteiger partial charge < -0.3 is 15.3 Å². The second kappa shape index (κ2) is 9.56. The molecule has 3 rings (SSSR count).